The first-order valence-electron chi connectivity index (χ1n) is 6.01. The minimum atomic E-state index is -0.135. The quantitative estimate of drug-likeness (QED) is 0.808. The van der Waals surface area contributed by atoms with E-state index >= 15 is 0 Å². The average molecular weight is 279 g/mol. The molecule has 0 spiro atoms. The minimum Gasteiger partial charge on any atom is -0.497 e. The van der Waals surface area contributed by atoms with Gasteiger partial charge in [0.25, 0.3) is 5.56 Å². The Morgan fingerprint density at radius 1 is 1.37 bits per heavy atom. The van der Waals surface area contributed by atoms with Crippen molar-refractivity contribution in [1.29, 1.82) is 0 Å². The Labute approximate surface area is 116 Å². The van der Waals surface area contributed by atoms with Gasteiger partial charge in [-0.15, -0.1) is 11.6 Å². The van der Waals surface area contributed by atoms with E-state index in [1.54, 1.807) is 13.2 Å². The molecule has 100 valence electrons. The van der Waals surface area contributed by atoms with Crippen LogP contribution in [0.2, 0.25) is 0 Å². The molecule has 0 aliphatic carbocycles. The highest BCUT2D eigenvalue weighted by molar-refractivity contribution is 6.17. The first-order valence-corrected chi connectivity index (χ1v) is 6.54. The van der Waals surface area contributed by atoms with E-state index in [4.69, 9.17) is 16.3 Å². The lowest BCUT2D eigenvalue weighted by Gasteiger charge is -2.08. The molecule has 0 amide bonds. The molecule has 4 nitrogen and oxygen atoms in total. The highest BCUT2D eigenvalue weighted by atomic mass is 35.5. The van der Waals surface area contributed by atoms with Gasteiger partial charge in [0.2, 0.25) is 0 Å². The van der Waals surface area contributed by atoms with Crippen molar-refractivity contribution in [1.82, 2.24) is 9.78 Å². The average Bonchev–Trinajstić information content (AvgIpc) is 2.47. The maximum Gasteiger partial charge on any atom is 0.271 e. The molecule has 0 aliphatic heterocycles. The van der Waals surface area contributed by atoms with E-state index in [9.17, 15) is 4.79 Å². The molecule has 2 rings (SSSR count). The zero-order chi connectivity index (χ0) is 13.8. The second-order valence-corrected chi connectivity index (χ2v) is 4.31. The van der Waals surface area contributed by atoms with E-state index in [0.717, 1.165) is 17.0 Å². The minimum absolute atomic E-state index is 0.135. The Kier molecular flexibility index (Phi) is 4.22. The third-order valence-electron chi connectivity index (χ3n) is 2.86. The van der Waals surface area contributed by atoms with Crippen LogP contribution in [0.15, 0.2) is 35.1 Å². The Bertz CT molecular complexity index is 609. The normalized spacial score (nSPS) is 10.5. The van der Waals surface area contributed by atoms with Crippen LogP contribution in [0.5, 0.6) is 5.75 Å². The highest BCUT2D eigenvalue weighted by Gasteiger charge is 2.09. The van der Waals surface area contributed by atoms with Gasteiger partial charge in [-0.05, 0) is 25.1 Å². The monoisotopic (exact) mass is 278 g/mol. The first-order chi connectivity index (χ1) is 9.19. The lowest BCUT2D eigenvalue weighted by molar-refractivity contribution is 0.415. The van der Waals surface area contributed by atoms with Gasteiger partial charge < -0.3 is 4.74 Å². The number of nitrogens with zero attached hydrogens (tertiary/aromatic N) is 2. The van der Waals surface area contributed by atoms with Gasteiger partial charge in [-0.2, -0.15) is 5.10 Å². The van der Waals surface area contributed by atoms with E-state index < -0.39 is 0 Å². The maximum absolute atomic E-state index is 11.9. The number of methoxy groups -OCH3 is 1. The number of alkyl halides is 1. The van der Waals surface area contributed by atoms with Gasteiger partial charge >= 0.3 is 0 Å². The summed E-state index contributed by atoms with van der Waals surface area (Å²) in [5.74, 6) is 0.930. The first kappa shape index (κ1) is 13.6. The molecule has 0 saturated heterocycles. The van der Waals surface area contributed by atoms with Crippen LogP contribution in [0, 0.1) is 0 Å². The molecule has 0 aliphatic rings. The summed E-state index contributed by atoms with van der Waals surface area (Å²) in [4.78, 5) is 11.9. The molecule has 1 heterocycles. The molecule has 2 aromatic rings. The highest BCUT2D eigenvalue weighted by Crippen LogP contribution is 2.22. The van der Waals surface area contributed by atoms with Crippen molar-refractivity contribution in [3.63, 3.8) is 0 Å². The molecule has 19 heavy (non-hydrogen) atoms. The maximum atomic E-state index is 11.9. The predicted octanol–water partition coefficient (Wildman–Crippen LogP) is 2.68. The third kappa shape index (κ3) is 2.79. The van der Waals surface area contributed by atoms with Crippen LogP contribution >= 0.6 is 11.6 Å². The van der Waals surface area contributed by atoms with Crippen molar-refractivity contribution >= 4 is 11.6 Å². The molecule has 0 bridgehead atoms. The van der Waals surface area contributed by atoms with E-state index in [1.807, 2.05) is 31.2 Å². The molecule has 0 N–H and O–H groups in total. The fraction of sp³-hybridized carbons (Fsp3) is 0.286. The zero-order valence-electron chi connectivity index (χ0n) is 10.9. The summed E-state index contributed by atoms with van der Waals surface area (Å²) in [7, 11) is 1.61. The van der Waals surface area contributed by atoms with Gasteiger partial charge in [0, 0.05) is 17.7 Å². The molecule has 0 saturated carbocycles. The van der Waals surface area contributed by atoms with Crippen molar-refractivity contribution in [3.05, 3.63) is 46.2 Å². The predicted molar refractivity (Wildman–Crippen MR) is 75.7 cm³/mol. The molecule has 0 radical (unpaired) electrons. The van der Waals surface area contributed by atoms with Gasteiger partial charge in [0.15, 0.2) is 0 Å². The lowest BCUT2D eigenvalue weighted by atomic mass is 10.1. The molecule has 0 fully saturated rings. The molecule has 0 unspecified atom stereocenters. The smallest absolute Gasteiger partial charge is 0.271 e. The van der Waals surface area contributed by atoms with Crippen molar-refractivity contribution < 1.29 is 4.74 Å². The molecular weight excluding hydrogens is 264 g/mol. The van der Waals surface area contributed by atoms with E-state index in [-0.39, 0.29) is 11.4 Å². The lowest BCUT2D eigenvalue weighted by Crippen LogP contribution is -2.25. The van der Waals surface area contributed by atoms with Gasteiger partial charge in [-0.1, -0.05) is 12.1 Å². The van der Waals surface area contributed by atoms with Crippen LogP contribution in [0.3, 0.4) is 0 Å². The summed E-state index contributed by atoms with van der Waals surface area (Å²) in [6.07, 6.45) is 0. The van der Waals surface area contributed by atoms with Crippen LogP contribution in [-0.4, -0.2) is 16.9 Å². The molecule has 0 atom stereocenters. The van der Waals surface area contributed by atoms with Gasteiger partial charge in [-0.3, -0.25) is 4.79 Å². The summed E-state index contributed by atoms with van der Waals surface area (Å²) in [6.45, 7) is 2.39. The number of aromatic nitrogens is 2. The summed E-state index contributed by atoms with van der Waals surface area (Å²) in [5.41, 5.74) is 2.03. The fourth-order valence-electron chi connectivity index (χ4n) is 1.83. The van der Waals surface area contributed by atoms with E-state index in [2.05, 4.69) is 5.10 Å². The Morgan fingerprint density at radius 2 is 2.16 bits per heavy atom. The third-order valence-corrected chi connectivity index (χ3v) is 3.15. The fourth-order valence-corrected chi connectivity index (χ4v) is 2.02. The molecule has 1 aromatic heterocycles. The van der Waals surface area contributed by atoms with Gasteiger partial charge in [-0.25, -0.2) is 4.68 Å². The number of ether oxygens (including phenoxy) is 1. The largest absolute Gasteiger partial charge is 0.497 e. The van der Waals surface area contributed by atoms with Crippen molar-refractivity contribution in [2.24, 2.45) is 0 Å². The molecule has 5 heteroatoms. The number of halogens is 1. The second-order valence-electron chi connectivity index (χ2n) is 4.04. The van der Waals surface area contributed by atoms with E-state index in [1.165, 1.54) is 4.68 Å². The van der Waals surface area contributed by atoms with Crippen molar-refractivity contribution in [2.45, 2.75) is 19.3 Å². The van der Waals surface area contributed by atoms with Gasteiger partial charge in [0.1, 0.15) is 5.75 Å². The Morgan fingerprint density at radius 3 is 2.79 bits per heavy atom. The van der Waals surface area contributed by atoms with Crippen LogP contribution in [0.1, 0.15) is 12.5 Å². The number of aryl methyl sites for hydroxylation is 1. The van der Waals surface area contributed by atoms with Crippen LogP contribution < -0.4 is 10.3 Å². The summed E-state index contributed by atoms with van der Waals surface area (Å²) in [5, 5.41) is 4.34. The summed E-state index contributed by atoms with van der Waals surface area (Å²) in [6, 6.07) is 9.29. The number of hydrogen-bond donors (Lipinski definition) is 0. The standard InChI is InChI=1S/C14H15ClN2O2/c1-3-17-14(18)11(9-15)8-13(16-17)10-5-4-6-12(7-10)19-2/h4-8H,3,9H2,1-2H3. The number of benzene rings is 1. The van der Waals surface area contributed by atoms with Crippen LogP contribution in [-0.2, 0) is 12.4 Å². The summed E-state index contributed by atoms with van der Waals surface area (Å²) >= 11 is 5.81. The van der Waals surface area contributed by atoms with Gasteiger partial charge in [0.05, 0.1) is 18.7 Å². The molecular formula is C14H15ClN2O2. The van der Waals surface area contributed by atoms with Crippen molar-refractivity contribution in [2.75, 3.05) is 7.11 Å². The van der Waals surface area contributed by atoms with E-state index in [0.29, 0.717) is 12.1 Å². The SMILES string of the molecule is CCn1nc(-c2cccc(OC)c2)cc(CCl)c1=O. The Balaban J connectivity index is 2.58. The summed E-state index contributed by atoms with van der Waals surface area (Å²) < 4.78 is 6.61. The second kappa shape index (κ2) is 5.89. The number of rotatable bonds is 4. The van der Waals surface area contributed by atoms with Crippen LogP contribution in [0.4, 0.5) is 0 Å². The zero-order valence-corrected chi connectivity index (χ0v) is 11.6. The Hall–Kier alpha value is -1.81. The van der Waals surface area contributed by atoms with Crippen molar-refractivity contribution in [3.8, 4) is 17.0 Å². The molecule has 1 aromatic carbocycles. The topological polar surface area (TPSA) is 44.1 Å². The van der Waals surface area contributed by atoms with Crippen LogP contribution in [0.25, 0.3) is 11.3 Å². The number of hydrogen-bond acceptors (Lipinski definition) is 3.